The molecular formula is C13Br10F2. The van der Waals surface area contributed by atoms with Crippen LogP contribution in [0.1, 0.15) is 11.1 Å². The first-order valence-electron chi connectivity index (χ1n) is 5.77. The zero-order chi connectivity index (χ0) is 19.4. The SMILES string of the molecule is FC(F)(c1c(Br)c(Br)c(Br)c(Br)c1Br)c1c(Br)c(Br)c(Br)c(Br)c1Br. The molecule has 0 aromatic heterocycles. The lowest BCUT2D eigenvalue weighted by Gasteiger charge is -2.26. The van der Waals surface area contributed by atoms with E-state index in [1.165, 1.54) is 0 Å². The molecule has 2 aromatic rings. The topological polar surface area (TPSA) is 0 Å². The Labute approximate surface area is 226 Å². The van der Waals surface area contributed by atoms with Crippen molar-refractivity contribution in [3.05, 3.63) is 55.9 Å². The van der Waals surface area contributed by atoms with Crippen LogP contribution in [0, 0.1) is 0 Å². The Balaban J connectivity index is 2.96. The lowest BCUT2D eigenvalue weighted by Crippen LogP contribution is -2.20. The van der Waals surface area contributed by atoms with Crippen LogP contribution in [-0.4, -0.2) is 0 Å². The fourth-order valence-corrected chi connectivity index (χ4v) is 8.98. The van der Waals surface area contributed by atoms with Gasteiger partial charge in [0.2, 0.25) is 0 Å². The maximum Gasteiger partial charge on any atom is 0.302 e. The number of rotatable bonds is 2. The van der Waals surface area contributed by atoms with Gasteiger partial charge in [0.15, 0.2) is 0 Å². The van der Waals surface area contributed by atoms with Crippen LogP contribution in [0.25, 0.3) is 0 Å². The van der Waals surface area contributed by atoms with Crippen molar-refractivity contribution in [1.82, 2.24) is 0 Å². The van der Waals surface area contributed by atoms with E-state index < -0.39 is 5.92 Å². The van der Waals surface area contributed by atoms with Crippen molar-refractivity contribution < 1.29 is 8.78 Å². The van der Waals surface area contributed by atoms with E-state index in [-0.39, 0.29) is 29.0 Å². The van der Waals surface area contributed by atoms with Gasteiger partial charge in [-0.1, -0.05) is 0 Å². The molecule has 0 unspecified atom stereocenters. The van der Waals surface area contributed by atoms with Gasteiger partial charge >= 0.3 is 5.92 Å². The molecule has 0 N–H and O–H groups in total. The fraction of sp³-hybridized carbons (Fsp3) is 0.0769. The fourth-order valence-electron chi connectivity index (χ4n) is 1.89. The standard InChI is InChI=1S/C13Br10F2/c14-3-1(4(15)8(19)11(22)7(3)18)13(24,25)2-5(16)9(20)12(23)10(21)6(2)17. The zero-order valence-electron chi connectivity index (χ0n) is 11.0. The Morgan fingerprint density at radius 3 is 0.720 bits per heavy atom. The lowest BCUT2D eigenvalue weighted by atomic mass is 10.0. The van der Waals surface area contributed by atoms with E-state index >= 15 is 8.78 Å². The molecule has 0 saturated carbocycles. The van der Waals surface area contributed by atoms with Crippen LogP contribution in [0.5, 0.6) is 0 Å². The van der Waals surface area contributed by atoms with Crippen LogP contribution in [0.4, 0.5) is 8.78 Å². The number of hydrogen-bond acceptors (Lipinski definition) is 0. The molecule has 0 fully saturated rings. The number of alkyl halides is 2. The summed E-state index contributed by atoms with van der Waals surface area (Å²) in [6.07, 6.45) is 0. The maximum atomic E-state index is 15.7. The van der Waals surface area contributed by atoms with Crippen LogP contribution >= 0.6 is 159 Å². The molecular weight excluding hydrogens is 993 g/mol. The van der Waals surface area contributed by atoms with Gasteiger partial charge in [-0.3, -0.25) is 0 Å². The van der Waals surface area contributed by atoms with Gasteiger partial charge < -0.3 is 0 Å². The summed E-state index contributed by atoms with van der Waals surface area (Å²) in [6.45, 7) is 0. The molecule has 0 atom stereocenters. The third kappa shape index (κ3) is 4.29. The van der Waals surface area contributed by atoms with Crippen molar-refractivity contribution in [2.24, 2.45) is 0 Å². The van der Waals surface area contributed by atoms with Crippen LogP contribution in [-0.2, 0) is 5.92 Å². The minimum atomic E-state index is -3.35. The van der Waals surface area contributed by atoms with Gasteiger partial charge in [0.25, 0.3) is 0 Å². The van der Waals surface area contributed by atoms with Crippen molar-refractivity contribution >= 4 is 159 Å². The van der Waals surface area contributed by atoms with Gasteiger partial charge in [-0.25, -0.2) is 0 Å². The molecule has 2 aromatic carbocycles. The van der Waals surface area contributed by atoms with E-state index in [0.717, 1.165) is 0 Å². The van der Waals surface area contributed by atoms with Crippen molar-refractivity contribution in [2.45, 2.75) is 5.92 Å². The Hall–Kier alpha value is 3.10. The second-order valence-corrected chi connectivity index (χ2v) is 12.4. The Bertz CT molecular complexity index is 764. The average molecular weight is 993 g/mol. The van der Waals surface area contributed by atoms with Gasteiger partial charge in [-0.2, -0.15) is 8.78 Å². The normalized spacial score (nSPS) is 12.0. The first kappa shape index (κ1) is 24.4. The summed E-state index contributed by atoms with van der Waals surface area (Å²) in [6, 6.07) is 0. The van der Waals surface area contributed by atoms with Gasteiger partial charge in [0.1, 0.15) is 0 Å². The number of halogens is 12. The number of benzene rings is 2. The first-order valence-corrected chi connectivity index (χ1v) is 13.7. The molecule has 0 saturated heterocycles. The van der Waals surface area contributed by atoms with E-state index in [0.29, 0.717) is 26.8 Å². The average Bonchev–Trinajstić information content (AvgIpc) is 2.54. The van der Waals surface area contributed by atoms with E-state index in [9.17, 15) is 0 Å². The lowest BCUT2D eigenvalue weighted by molar-refractivity contribution is 0.0393. The highest BCUT2D eigenvalue weighted by Crippen LogP contribution is 2.56. The molecule has 0 aliphatic carbocycles. The Kier molecular flexibility index (Phi) is 8.85. The van der Waals surface area contributed by atoms with E-state index in [2.05, 4.69) is 159 Å². The highest BCUT2D eigenvalue weighted by Gasteiger charge is 2.44. The van der Waals surface area contributed by atoms with Crippen LogP contribution in [0.3, 0.4) is 0 Å². The summed E-state index contributed by atoms with van der Waals surface area (Å²) in [4.78, 5) is 0. The van der Waals surface area contributed by atoms with Crippen LogP contribution in [0.2, 0.25) is 0 Å². The minimum absolute atomic E-state index is 0.225. The molecule has 0 heterocycles. The molecule has 136 valence electrons. The third-order valence-electron chi connectivity index (χ3n) is 3.05. The second-order valence-electron chi connectivity index (χ2n) is 4.46. The van der Waals surface area contributed by atoms with E-state index in [1.54, 1.807) is 0 Å². The summed E-state index contributed by atoms with van der Waals surface area (Å²) >= 11 is 33.2. The van der Waals surface area contributed by atoms with Crippen LogP contribution < -0.4 is 0 Å². The van der Waals surface area contributed by atoms with Crippen molar-refractivity contribution in [3.8, 4) is 0 Å². The molecule has 0 spiro atoms. The van der Waals surface area contributed by atoms with Gasteiger partial charge in [-0.05, 0) is 159 Å². The zero-order valence-corrected chi connectivity index (χ0v) is 26.9. The highest BCUT2D eigenvalue weighted by molar-refractivity contribution is 9.16. The molecule has 0 amide bonds. The minimum Gasteiger partial charge on any atom is -0.196 e. The van der Waals surface area contributed by atoms with Gasteiger partial charge in [0, 0.05) is 44.7 Å². The monoisotopic (exact) mass is 983 g/mol. The molecule has 2 rings (SSSR count). The summed E-state index contributed by atoms with van der Waals surface area (Å²) in [5.41, 5.74) is -0.450. The molecule has 25 heavy (non-hydrogen) atoms. The predicted molar refractivity (Wildman–Crippen MR) is 133 cm³/mol. The van der Waals surface area contributed by atoms with Crippen molar-refractivity contribution in [3.63, 3.8) is 0 Å². The number of hydrogen-bond donors (Lipinski definition) is 0. The predicted octanol–water partition coefficient (Wildman–Crippen LogP) is 11.5. The Morgan fingerprint density at radius 1 is 0.360 bits per heavy atom. The van der Waals surface area contributed by atoms with Crippen LogP contribution in [0.15, 0.2) is 44.7 Å². The molecule has 0 radical (unpaired) electrons. The highest BCUT2D eigenvalue weighted by atomic mass is 79.9. The van der Waals surface area contributed by atoms with Gasteiger partial charge in [0.05, 0.1) is 11.1 Å². The second kappa shape index (κ2) is 9.08. The third-order valence-corrected chi connectivity index (χ3v) is 15.2. The smallest absolute Gasteiger partial charge is 0.196 e. The summed E-state index contributed by atoms with van der Waals surface area (Å²) < 4.78 is 35.4. The summed E-state index contributed by atoms with van der Waals surface area (Å²) in [7, 11) is 0. The van der Waals surface area contributed by atoms with E-state index in [1.807, 2.05) is 0 Å². The maximum absolute atomic E-state index is 15.7. The summed E-state index contributed by atoms with van der Waals surface area (Å²) in [5, 5.41) is 0. The molecule has 0 aliphatic heterocycles. The molecule has 0 aliphatic rings. The molecule has 0 nitrogen and oxygen atoms in total. The van der Waals surface area contributed by atoms with Crippen molar-refractivity contribution in [2.75, 3.05) is 0 Å². The molecule has 12 heteroatoms. The van der Waals surface area contributed by atoms with E-state index in [4.69, 9.17) is 0 Å². The largest absolute Gasteiger partial charge is 0.302 e. The summed E-state index contributed by atoms with van der Waals surface area (Å²) in [5.74, 6) is -3.35. The quantitative estimate of drug-likeness (QED) is 0.208. The Morgan fingerprint density at radius 2 is 0.520 bits per heavy atom. The van der Waals surface area contributed by atoms with Crippen molar-refractivity contribution in [1.29, 1.82) is 0 Å². The molecule has 0 bridgehead atoms. The first-order chi connectivity index (χ1) is 11.4. The van der Waals surface area contributed by atoms with Gasteiger partial charge in [-0.15, -0.1) is 0 Å².